The number of aromatic amines is 1. The minimum absolute atomic E-state index is 0.126. The van der Waals surface area contributed by atoms with Gasteiger partial charge in [-0.05, 0) is 36.8 Å². The number of benzene rings is 1. The number of anilines is 1. The van der Waals surface area contributed by atoms with Gasteiger partial charge in [-0.25, -0.2) is 9.97 Å². The summed E-state index contributed by atoms with van der Waals surface area (Å²) in [6.07, 6.45) is -1.49. The predicted octanol–water partition coefficient (Wildman–Crippen LogP) is 5.04. The number of hydrogen-bond acceptors (Lipinski definition) is 6. The van der Waals surface area contributed by atoms with Crippen LogP contribution in [-0.2, 0) is 12.6 Å². The van der Waals surface area contributed by atoms with Crippen molar-refractivity contribution < 1.29 is 22.7 Å². The summed E-state index contributed by atoms with van der Waals surface area (Å²) in [4.78, 5) is 19.2. The van der Waals surface area contributed by atoms with Crippen molar-refractivity contribution in [3.63, 3.8) is 0 Å². The van der Waals surface area contributed by atoms with Gasteiger partial charge >= 0.3 is 6.18 Å². The van der Waals surface area contributed by atoms with Crippen LogP contribution < -0.4 is 10.1 Å². The molecular formula is C19H14F3N5O2S. The van der Waals surface area contributed by atoms with Crippen LogP contribution in [0.4, 0.5) is 18.3 Å². The number of thiazole rings is 1. The summed E-state index contributed by atoms with van der Waals surface area (Å²) in [6.45, 7) is 1.98. The Labute approximate surface area is 171 Å². The highest BCUT2D eigenvalue weighted by atomic mass is 32.1. The van der Waals surface area contributed by atoms with Gasteiger partial charge in [0.05, 0.1) is 11.6 Å². The molecule has 1 amide bonds. The second-order valence-corrected chi connectivity index (χ2v) is 7.20. The summed E-state index contributed by atoms with van der Waals surface area (Å²) in [5.41, 5.74) is 1.69. The van der Waals surface area contributed by atoms with Gasteiger partial charge in [-0.2, -0.15) is 18.3 Å². The zero-order chi connectivity index (χ0) is 21.3. The lowest BCUT2D eigenvalue weighted by molar-refractivity contribution is -0.134. The molecule has 3 aromatic heterocycles. The standard InChI is InChI=1S/C19H14F3N5O2S/c1-2-12-15-13(7-8-23-16(15)27-26-12)29-11-5-3-10(4-6-11)17(28)25-18-24-9-14(30-18)19(20,21)22/h3-9H,2H2,1H3,(H,23,26,27)(H,24,25,28). The van der Waals surface area contributed by atoms with Crippen molar-refractivity contribution in [1.29, 1.82) is 0 Å². The Bertz CT molecular complexity index is 1200. The number of H-pyrrole nitrogens is 1. The van der Waals surface area contributed by atoms with Crippen LogP contribution in [0.25, 0.3) is 11.0 Å². The molecule has 0 unspecified atom stereocenters. The first-order chi connectivity index (χ1) is 14.3. The van der Waals surface area contributed by atoms with E-state index < -0.39 is 17.0 Å². The van der Waals surface area contributed by atoms with E-state index in [1.165, 1.54) is 12.1 Å². The predicted molar refractivity (Wildman–Crippen MR) is 105 cm³/mol. The smallest absolute Gasteiger partial charge is 0.427 e. The van der Waals surface area contributed by atoms with Gasteiger partial charge < -0.3 is 4.74 Å². The fourth-order valence-corrected chi connectivity index (χ4v) is 3.43. The SMILES string of the molecule is CCc1[nH]nc2nccc(Oc3ccc(C(=O)Nc4ncc(C(F)(F)F)s4)cc3)c12. The quantitative estimate of drug-likeness (QED) is 0.460. The van der Waals surface area contributed by atoms with Crippen LogP contribution >= 0.6 is 11.3 Å². The number of pyridine rings is 1. The summed E-state index contributed by atoms with van der Waals surface area (Å²) in [7, 11) is 0. The summed E-state index contributed by atoms with van der Waals surface area (Å²) >= 11 is 0.366. The zero-order valence-electron chi connectivity index (χ0n) is 15.4. The van der Waals surface area contributed by atoms with Crippen LogP contribution in [0.15, 0.2) is 42.7 Å². The van der Waals surface area contributed by atoms with E-state index in [9.17, 15) is 18.0 Å². The van der Waals surface area contributed by atoms with Gasteiger partial charge in [-0.1, -0.05) is 18.3 Å². The number of nitrogens with zero attached hydrogens (tertiary/aromatic N) is 3. The van der Waals surface area contributed by atoms with E-state index in [1.54, 1.807) is 24.4 Å². The molecule has 0 saturated carbocycles. The minimum Gasteiger partial charge on any atom is -0.456 e. The number of rotatable bonds is 5. The molecule has 3 heterocycles. The van der Waals surface area contributed by atoms with Gasteiger partial charge in [0, 0.05) is 17.5 Å². The first-order valence-electron chi connectivity index (χ1n) is 8.79. The second-order valence-electron chi connectivity index (χ2n) is 6.17. The molecule has 11 heteroatoms. The number of ether oxygens (including phenoxy) is 1. The maximum atomic E-state index is 12.6. The number of fused-ring (bicyclic) bond motifs is 1. The summed E-state index contributed by atoms with van der Waals surface area (Å²) in [5.74, 6) is 0.486. The number of carbonyl (C=O) groups is 1. The molecule has 7 nitrogen and oxygen atoms in total. The largest absolute Gasteiger partial charge is 0.456 e. The molecule has 0 aliphatic carbocycles. The molecule has 0 fully saturated rings. The molecule has 0 aliphatic heterocycles. The molecule has 1 aromatic carbocycles. The highest BCUT2D eigenvalue weighted by molar-refractivity contribution is 7.15. The molecule has 0 aliphatic rings. The summed E-state index contributed by atoms with van der Waals surface area (Å²) in [6, 6.07) is 7.93. The van der Waals surface area contributed by atoms with Crippen molar-refractivity contribution in [3.8, 4) is 11.5 Å². The Morgan fingerprint density at radius 2 is 1.97 bits per heavy atom. The van der Waals surface area contributed by atoms with Crippen molar-refractivity contribution in [1.82, 2.24) is 20.2 Å². The van der Waals surface area contributed by atoms with Gasteiger partial charge in [0.2, 0.25) is 0 Å². The molecule has 0 bridgehead atoms. The van der Waals surface area contributed by atoms with Gasteiger partial charge in [-0.15, -0.1) is 0 Å². The number of alkyl halides is 3. The zero-order valence-corrected chi connectivity index (χ0v) is 16.3. The van der Waals surface area contributed by atoms with Gasteiger partial charge in [-0.3, -0.25) is 15.2 Å². The average molecular weight is 433 g/mol. The van der Waals surface area contributed by atoms with Gasteiger partial charge in [0.1, 0.15) is 16.4 Å². The maximum absolute atomic E-state index is 12.6. The number of aromatic nitrogens is 4. The normalized spacial score (nSPS) is 11.6. The number of halogens is 3. The molecule has 2 N–H and O–H groups in total. The van der Waals surface area contributed by atoms with Crippen LogP contribution in [0.5, 0.6) is 11.5 Å². The third-order valence-electron chi connectivity index (χ3n) is 4.19. The van der Waals surface area contributed by atoms with Crippen LogP contribution in [-0.4, -0.2) is 26.1 Å². The number of amides is 1. The van der Waals surface area contributed by atoms with E-state index in [-0.39, 0.29) is 10.7 Å². The fraction of sp³-hybridized carbons (Fsp3) is 0.158. The lowest BCUT2D eigenvalue weighted by atomic mass is 10.2. The number of nitrogens with one attached hydrogen (secondary N) is 2. The Morgan fingerprint density at radius 3 is 2.63 bits per heavy atom. The third kappa shape index (κ3) is 3.96. The number of carbonyl (C=O) groups excluding carboxylic acids is 1. The summed E-state index contributed by atoms with van der Waals surface area (Å²) in [5, 5.41) is 10.1. The monoisotopic (exact) mass is 433 g/mol. The fourth-order valence-electron chi connectivity index (χ4n) is 2.75. The van der Waals surface area contributed by atoms with E-state index in [0.29, 0.717) is 34.7 Å². The molecule has 0 atom stereocenters. The molecular weight excluding hydrogens is 419 g/mol. The Morgan fingerprint density at radius 1 is 1.20 bits per heavy atom. The number of aryl methyl sites for hydroxylation is 1. The van der Waals surface area contributed by atoms with Crippen molar-refractivity contribution in [3.05, 3.63) is 58.9 Å². The lowest BCUT2D eigenvalue weighted by Crippen LogP contribution is -2.11. The van der Waals surface area contributed by atoms with Crippen molar-refractivity contribution in [2.75, 3.05) is 5.32 Å². The molecule has 0 spiro atoms. The first kappa shape index (κ1) is 19.8. The van der Waals surface area contributed by atoms with E-state index in [0.717, 1.165) is 17.5 Å². The van der Waals surface area contributed by atoms with Gasteiger partial charge in [0.25, 0.3) is 5.91 Å². The molecule has 30 heavy (non-hydrogen) atoms. The molecule has 4 aromatic rings. The van der Waals surface area contributed by atoms with E-state index in [2.05, 4.69) is 25.5 Å². The summed E-state index contributed by atoms with van der Waals surface area (Å²) < 4.78 is 43.8. The van der Waals surface area contributed by atoms with Crippen molar-refractivity contribution in [2.24, 2.45) is 0 Å². The lowest BCUT2D eigenvalue weighted by Gasteiger charge is -2.08. The molecule has 4 rings (SSSR count). The minimum atomic E-state index is -4.50. The molecule has 0 saturated heterocycles. The van der Waals surface area contributed by atoms with Crippen LogP contribution in [0.3, 0.4) is 0 Å². The van der Waals surface area contributed by atoms with Crippen molar-refractivity contribution >= 4 is 33.4 Å². The Balaban J connectivity index is 1.49. The van der Waals surface area contributed by atoms with Crippen LogP contribution in [0, 0.1) is 0 Å². The Hall–Kier alpha value is -3.47. The van der Waals surface area contributed by atoms with Crippen LogP contribution in [0.1, 0.15) is 27.9 Å². The maximum Gasteiger partial charge on any atom is 0.427 e. The average Bonchev–Trinajstić information content (AvgIpc) is 3.35. The van der Waals surface area contributed by atoms with E-state index >= 15 is 0 Å². The van der Waals surface area contributed by atoms with E-state index in [4.69, 9.17) is 4.74 Å². The third-order valence-corrected chi connectivity index (χ3v) is 5.15. The van der Waals surface area contributed by atoms with Crippen molar-refractivity contribution in [2.45, 2.75) is 19.5 Å². The molecule has 0 radical (unpaired) electrons. The van der Waals surface area contributed by atoms with E-state index in [1.807, 2.05) is 6.92 Å². The van der Waals surface area contributed by atoms with Crippen LogP contribution in [0.2, 0.25) is 0 Å². The Kier molecular flexibility index (Phi) is 5.12. The number of hydrogen-bond donors (Lipinski definition) is 2. The highest BCUT2D eigenvalue weighted by Gasteiger charge is 2.33. The van der Waals surface area contributed by atoms with Gasteiger partial charge in [0.15, 0.2) is 10.8 Å². The molecule has 154 valence electrons. The highest BCUT2D eigenvalue weighted by Crippen LogP contribution is 2.35. The first-order valence-corrected chi connectivity index (χ1v) is 9.61. The topological polar surface area (TPSA) is 92.8 Å². The second kappa shape index (κ2) is 7.75.